The van der Waals surface area contributed by atoms with Crippen LogP contribution in [0, 0.1) is 0 Å². The Bertz CT molecular complexity index is 717. The number of nitrogens with one attached hydrogen (secondary N) is 1. The summed E-state index contributed by atoms with van der Waals surface area (Å²) in [4.78, 5) is 27.7. The Labute approximate surface area is 177 Å². The van der Waals surface area contributed by atoms with E-state index in [0.717, 1.165) is 32.4 Å². The molecule has 1 aromatic rings. The zero-order valence-electron chi connectivity index (χ0n) is 16.9. The van der Waals surface area contributed by atoms with Crippen molar-refractivity contribution in [2.24, 2.45) is 0 Å². The van der Waals surface area contributed by atoms with Crippen LogP contribution in [0.4, 0.5) is 5.69 Å². The van der Waals surface area contributed by atoms with E-state index in [-0.39, 0.29) is 36.9 Å². The number of halogens is 1. The van der Waals surface area contributed by atoms with Crippen molar-refractivity contribution in [1.29, 1.82) is 0 Å². The van der Waals surface area contributed by atoms with Gasteiger partial charge in [-0.1, -0.05) is 0 Å². The van der Waals surface area contributed by atoms with E-state index in [9.17, 15) is 9.59 Å². The molecule has 1 aromatic carbocycles. The number of carboxylic acid groups (broad SMARTS) is 1. The second kappa shape index (κ2) is 10.7. The highest BCUT2D eigenvalue weighted by atomic mass is 35.5. The number of nitrogens with zero attached hydrogens (tertiary/aromatic N) is 2. The summed E-state index contributed by atoms with van der Waals surface area (Å²) < 4.78 is 11.1. The molecule has 1 amide bonds. The number of aliphatic carboxylic acids is 1. The number of ether oxygens (including phenoxy) is 2. The molecule has 8 nitrogen and oxygen atoms in total. The fraction of sp³-hybridized carbons (Fsp3) is 0.600. The number of hydrogen-bond acceptors (Lipinski definition) is 6. The fourth-order valence-corrected chi connectivity index (χ4v) is 3.81. The van der Waals surface area contributed by atoms with E-state index in [4.69, 9.17) is 14.6 Å². The SMILES string of the molecule is CC(C(=O)Nc1ccc2c(c1)OCCO2)N1CCCC(N(C)CC(=O)O)CC1.Cl. The standard InChI is InChI=1S/C20H29N3O5.ClH/c1-14(23-8-3-4-16(7-9-23)22(2)13-19(24)25)20(26)21-15-5-6-17-18(12-15)28-11-10-27-17;/h5-6,12,14,16H,3-4,7-11,13H2,1-2H3,(H,21,26)(H,24,25);1H. The molecule has 2 atom stereocenters. The van der Waals surface area contributed by atoms with E-state index in [1.165, 1.54) is 0 Å². The first kappa shape index (κ1) is 23.3. The number of likely N-dealkylation sites (tertiary alicyclic amines) is 1. The van der Waals surface area contributed by atoms with E-state index < -0.39 is 5.97 Å². The van der Waals surface area contributed by atoms with Crippen molar-refractivity contribution < 1.29 is 24.2 Å². The normalized spacial score (nSPS) is 20.3. The number of likely N-dealkylation sites (N-methyl/N-ethyl adjacent to an activating group) is 1. The van der Waals surface area contributed by atoms with Crippen LogP contribution in [0.3, 0.4) is 0 Å². The molecule has 29 heavy (non-hydrogen) atoms. The first-order valence-corrected chi connectivity index (χ1v) is 9.80. The number of carbonyl (C=O) groups is 2. The van der Waals surface area contributed by atoms with Crippen molar-refractivity contribution in [3.8, 4) is 11.5 Å². The van der Waals surface area contributed by atoms with Gasteiger partial charge in [0, 0.05) is 24.3 Å². The van der Waals surface area contributed by atoms with Crippen LogP contribution < -0.4 is 14.8 Å². The third-order valence-electron chi connectivity index (χ3n) is 5.48. The van der Waals surface area contributed by atoms with Crippen LogP contribution in [0.1, 0.15) is 26.2 Å². The Hall–Kier alpha value is -2.03. The maximum atomic E-state index is 12.7. The average Bonchev–Trinajstić information content (AvgIpc) is 2.93. The zero-order chi connectivity index (χ0) is 20.1. The molecule has 0 radical (unpaired) electrons. The maximum Gasteiger partial charge on any atom is 0.317 e. The summed E-state index contributed by atoms with van der Waals surface area (Å²) >= 11 is 0. The number of fused-ring (bicyclic) bond motifs is 1. The van der Waals surface area contributed by atoms with Gasteiger partial charge >= 0.3 is 5.97 Å². The molecule has 162 valence electrons. The van der Waals surface area contributed by atoms with Crippen molar-refractivity contribution in [3.63, 3.8) is 0 Å². The van der Waals surface area contributed by atoms with Crippen molar-refractivity contribution in [2.45, 2.75) is 38.3 Å². The third-order valence-corrected chi connectivity index (χ3v) is 5.48. The summed E-state index contributed by atoms with van der Waals surface area (Å²) in [5, 5.41) is 12.0. The zero-order valence-corrected chi connectivity index (χ0v) is 17.7. The third kappa shape index (κ3) is 6.22. The lowest BCUT2D eigenvalue weighted by atomic mass is 10.1. The molecule has 2 heterocycles. The van der Waals surface area contributed by atoms with Crippen LogP contribution in [-0.4, -0.2) is 78.8 Å². The minimum Gasteiger partial charge on any atom is -0.486 e. The number of anilines is 1. The van der Waals surface area contributed by atoms with E-state index in [1.54, 1.807) is 6.07 Å². The van der Waals surface area contributed by atoms with Crippen LogP contribution in [0.25, 0.3) is 0 Å². The van der Waals surface area contributed by atoms with Crippen LogP contribution >= 0.6 is 12.4 Å². The number of amides is 1. The predicted molar refractivity (Wildman–Crippen MR) is 112 cm³/mol. The fourth-order valence-electron chi connectivity index (χ4n) is 3.81. The summed E-state index contributed by atoms with van der Waals surface area (Å²) in [5.41, 5.74) is 0.690. The van der Waals surface area contributed by atoms with Gasteiger partial charge < -0.3 is 19.9 Å². The molecule has 2 N–H and O–H groups in total. The van der Waals surface area contributed by atoms with Crippen molar-refractivity contribution in [2.75, 3.05) is 45.2 Å². The Morgan fingerprint density at radius 3 is 2.69 bits per heavy atom. The predicted octanol–water partition coefficient (Wildman–Crippen LogP) is 2.08. The van der Waals surface area contributed by atoms with Gasteiger partial charge in [-0.15, -0.1) is 12.4 Å². The minimum absolute atomic E-state index is 0. The maximum absolute atomic E-state index is 12.7. The Morgan fingerprint density at radius 2 is 1.97 bits per heavy atom. The molecule has 3 rings (SSSR count). The Balaban J connectivity index is 0.00000300. The lowest BCUT2D eigenvalue weighted by molar-refractivity contribution is -0.138. The van der Waals surface area contributed by atoms with E-state index >= 15 is 0 Å². The van der Waals surface area contributed by atoms with Gasteiger partial charge in [-0.05, 0) is 51.9 Å². The molecule has 0 aliphatic carbocycles. The largest absolute Gasteiger partial charge is 0.486 e. The van der Waals surface area contributed by atoms with Crippen LogP contribution in [-0.2, 0) is 9.59 Å². The first-order chi connectivity index (χ1) is 13.4. The Morgan fingerprint density at radius 1 is 1.24 bits per heavy atom. The van der Waals surface area contributed by atoms with Gasteiger partial charge in [-0.3, -0.25) is 19.4 Å². The van der Waals surface area contributed by atoms with Crippen LogP contribution in [0.2, 0.25) is 0 Å². The van der Waals surface area contributed by atoms with Crippen molar-refractivity contribution in [1.82, 2.24) is 9.80 Å². The molecule has 0 saturated carbocycles. The molecule has 1 saturated heterocycles. The molecule has 2 aliphatic rings. The molecule has 1 fully saturated rings. The minimum atomic E-state index is -0.809. The van der Waals surface area contributed by atoms with Gasteiger partial charge in [-0.25, -0.2) is 0 Å². The van der Waals surface area contributed by atoms with Gasteiger partial charge in [0.15, 0.2) is 11.5 Å². The molecule has 0 spiro atoms. The van der Waals surface area contributed by atoms with Crippen LogP contribution in [0.15, 0.2) is 18.2 Å². The number of carbonyl (C=O) groups excluding carboxylic acids is 1. The van der Waals surface area contributed by atoms with Crippen molar-refractivity contribution >= 4 is 30.0 Å². The Kier molecular flexibility index (Phi) is 8.55. The summed E-state index contributed by atoms with van der Waals surface area (Å²) in [7, 11) is 1.85. The van der Waals surface area contributed by atoms with Crippen molar-refractivity contribution in [3.05, 3.63) is 18.2 Å². The number of carboxylic acids is 1. The monoisotopic (exact) mass is 427 g/mol. The molecule has 0 bridgehead atoms. The number of hydrogen-bond donors (Lipinski definition) is 2. The van der Waals surface area contributed by atoms with Gasteiger partial charge in [0.25, 0.3) is 0 Å². The molecule has 2 aliphatic heterocycles. The quantitative estimate of drug-likeness (QED) is 0.718. The molecule has 9 heteroatoms. The highest BCUT2D eigenvalue weighted by Gasteiger charge is 2.27. The summed E-state index contributed by atoms with van der Waals surface area (Å²) in [6.45, 7) is 4.59. The highest BCUT2D eigenvalue weighted by Crippen LogP contribution is 2.32. The van der Waals surface area contributed by atoms with E-state index in [2.05, 4.69) is 10.2 Å². The topological polar surface area (TPSA) is 91.3 Å². The van der Waals surface area contributed by atoms with Gasteiger partial charge in [0.1, 0.15) is 13.2 Å². The number of rotatable bonds is 6. The summed E-state index contributed by atoms with van der Waals surface area (Å²) in [6.07, 6.45) is 2.73. The van der Waals surface area contributed by atoms with Gasteiger partial charge in [0.2, 0.25) is 5.91 Å². The van der Waals surface area contributed by atoms with Gasteiger partial charge in [0.05, 0.1) is 12.6 Å². The second-order valence-corrected chi connectivity index (χ2v) is 7.45. The second-order valence-electron chi connectivity index (χ2n) is 7.45. The summed E-state index contributed by atoms with van der Waals surface area (Å²) in [5.74, 6) is 0.474. The molecular weight excluding hydrogens is 398 g/mol. The highest BCUT2D eigenvalue weighted by molar-refractivity contribution is 5.94. The lowest BCUT2D eigenvalue weighted by Gasteiger charge is -2.28. The average molecular weight is 428 g/mol. The van der Waals surface area contributed by atoms with Gasteiger partial charge in [-0.2, -0.15) is 0 Å². The van der Waals surface area contributed by atoms with Crippen LogP contribution in [0.5, 0.6) is 11.5 Å². The van der Waals surface area contributed by atoms with E-state index in [0.29, 0.717) is 30.4 Å². The number of benzene rings is 1. The molecular formula is C20H30ClN3O5. The lowest BCUT2D eigenvalue weighted by Crippen LogP contribution is -2.43. The van der Waals surface area contributed by atoms with E-state index in [1.807, 2.05) is 31.0 Å². The summed E-state index contributed by atoms with van der Waals surface area (Å²) in [6, 6.07) is 5.38. The smallest absolute Gasteiger partial charge is 0.317 e. The molecule has 0 aromatic heterocycles. The first-order valence-electron chi connectivity index (χ1n) is 9.80. The molecule has 2 unspecified atom stereocenters.